The summed E-state index contributed by atoms with van der Waals surface area (Å²) >= 11 is 0. The molecule has 1 atom stereocenters. The summed E-state index contributed by atoms with van der Waals surface area (Å²) in [7, 11) is 0. The van der Waals surface area contributed by atoms with Crippen molar-refractivity contribution in [2.45, 2.75) is 19.3 Å². The van der Waals surface area contributed by atoms with Crippen LogP contribution in [0.5, 0.6) is 0 Å². The molecule has 1 aromatic carbocycles. The average Bonchev–Trinajstić information content (AvgIpc) is 2.97. The van der Waals surface area contributed by atoms with Crippen LogP contribution in [0.2, 0.25) is 0 Å². The number of fused-ring (bicyclic) bond motifs is 1. The third-order valence-electron chi connectivity index (χ3n) is 3.82. The van der Waals surface area contributed by atoms with Crippen molar-refractivity contribution < 1.29 is 19.1 Å². The maximum absolute atomic E-state index is 12.5. The number of hydrogen-bond donors (Lipinski definition) is 1. The Kier molecular flexibility index (Phi) is 3.25. The first-order chi connectivity index (χ1) is 10.1. The molecule has 2 aromatic rings. The molecule has 0 bridgehead atoms. The third-order valence-corrected chi connectivity index (χ3v) is 3.82. The number of carboxylic acid groups (broad SMARTS) is 1. The lowest BCUT2D eigenvalue weighted by atomic mass is 9.91. The molecule has 1 amide bonds. The van der Waals surface area contributed by atoms with Gasteiger partial charge in [0.15, 0.2) is 5.76 Å². The molecule has 0 saturated carbocycles. The van der Waals surface area contributed by atoms with E-state index in [4.69, 9.17) is 9.52 Å². The number of benzene rings is 1. The largest absolute Gasteiger partial charge is 0.475 e. The number of rotatable bonds is 2. The number of carbonyl (C=O) groups excluding carboxylic acids is 1. The van der Waals surface area contributed by atoms with Crippen molar-refractivity contribution >= 4 is 17.6 Å². The Labute approximate surface area is 121 Å². The zero-order valence-corrected chi connectivity index (χ0v) is 11.6. The van der Waals surface area contributed by atoms with E-state index >= 15 is 0 Å². The number of nitrogens with zero attached hydrogens (tertiary/aromatic N) is 1. The highest BCUT2D eigenvalue weighted by molar-refractivity contribution is 6.05. The standard InChI is InChI=1S/C16H15NO4/c1-10-8-9-17(12-5-3-2-4-11(10)12)15(18)13-6-7-14(21-13)16(19)20/h2-7,10H,8-9H2,1H3,(H,19,20). The molecule has 5 heteroatoms. The Hall–Kier alpha value is -2.56. The Morgan fingerprint density at radius 2 is 1.90 bits per heavy atom. The summed E-state index contributed by atoms with van der Waals surface area (Å²) in [6.07, 6.45) is 0.870. The fourth-order valence-electron chi connectivity index (χ4n) is 2.66. The highest BCUT2D eigenvalue weighted by atomic mass is 16.4. The van der Waals surface area contributed by atoms with Crippen molar-refractivity contribution in [1.82, 2.24) is 0 Å². The van der Waals surface area contributed by atoms with Crippen LogP contribution in [0, 0.1) is 0 Å². The lowest BCUT2D eigenvalue weighted by Gasteiger charge is -2.32. The predicted octanol–water partition coefficient (Wildman–Crippen LogP) is 3.13. The van der Waals surface area contributed by atoms with Crippen LogP contribution in [0.25, 0.3) is 0 Å². The van der Waals surface area contributed by atoms with Gasteiger partial charge >= 0.3 is 5.97 Å². The van der Waals surface area contributed by atoms with Crippen molar-refractivity contribution in [3.63, 3.8) is 0 Å². The van der Waals surface area contributed by atoms with Crippen LogP contribution >= 0.6 is 0 Å². The van der Waals surface area contributed by atoms with E-state index in [0.29, 0.717) is 12.5 Å². The first-order valence-corrected chi connectivity index (χ1v) is 6.82. The summed E-state index contributed by atoms with van der Waals surface area (Å²) in [5.41, 5.74) is 2.00. The fraction of sp³-hybridized carbons (Fsp3) is 0.250. The lowest BCUT2D eigenvalue weighted by molar-refractivity contribution is 0.0660. The van der Waals surface area contributed by atoms with Crippen molar-refractivity contribution in [3.05, 3.63) is 53.5 Å². The number of carbonyl (C=O) groups is 2. The summed E-state index contributed by atoms with van der Waals surface area (Å²) in [5.74, 6) is -1.26. The summed E-state index contributed by atoms with van der Waals surface area (Å²) < 4.78 is 5.11. The molecule has 1 aliphatic heterocycles. The second-order valence-electron chi connectivity index (χ2n) is 5.17. The number of para-hydroxylation sites is 1. The van der Waals surface area contributed by atoms with Gasteiger partial charge in [-0.2, -0.15) is 0 Å². The van der Waals surface area contributed by atoms with Gasteiger partial charge in [-0.25, -0.2) is 4.79 Å². The van der Waals surface area contributed by atoms with E-state index in [9.17, 15) is 9.59 Å². The minimum absolute atomic E-state index is 0.0526. The van der Waals surface area contributed by atoms with E-state index in [1.807, 2.05) is 24.3 Å². The van der Waals surface area contributed by atoms with E-state index in [-0.39, 0.29) is 17.4 Å². The number of furan rings is 1. The molecular formula is C16H15NO4. The highest BCUT2D eigenvalue weighted by Gasteiger charge is 2.28. The van der Waals surface area contributed by atoms with E-state index in [2.05, 4.69) is 6.92 Å². The van der Waals surface area contributed by atoms with E-state index in [0.717, 1.165) is 17.7 Å². The first-order valence-electron chi connectivity index (χ1n) is 6.82. The van der Waals surface area contributed by atoms with Gasteiger partial charge < -0.3 is 14.4 Å². The molecule has 5 nitrogen and oxygen atoms in total. The Bertz CT molecular complexity index is 704. The molecule has 0 spiro atoms. The smallest absolute Gasteiger partial charge is 0.371 e. The first kappa shape index (κ1) is 13.4. The van der Waals surface area contributed by atoms with Crippen molar-refractivity contribution in [1.29, 1.82) is 0 Å². The molecular weight excluding hydrogens is 270 g/mol. The van der Waals surface area contributed by atoms with Crippen LogP contribution in [-0.2, 0) is 0 Å². The fourth-order valence-corrected chi connectivity index (χ4v) is 2.66. The predicted molar refractivity (Wildman–Crippen MR) is 76.8 cm³/mol. The molecule has 3 rings (SSSR count). The second kappa shape index (κ2) is 5.09. The van der Waals surface area contributed by atoms with Gasteiger partial charge in [-0.3, -0.25) is 4.79 Å². The lowest BCUT2D eigenvalue weighted by Crippen LogP contribution is -2.36. The van der Waals surface area contributed by atoms with Gasteiger partial charge in [0.25, 0.3) is 5.91 Å². The minimum Gasteiger partial charge on any atom is -0.475 e. The normalized spacial score (nSPS) is 17.4. The maximum atomic E-state index is 12.5. The summed E-state index contributed by atoms with van der Waals surface area (Å²) in [4.78, 5) is 25.0. The number of hydrogen-bond acceptors (Lipinski definition) is 3. The molecule has 108 valence electrons. The third kappa shape index (κ3) is 2.31. The van der Waals surface area contributed by atoms with Gasteiger partial charge in [0, 0.05) is 12.2 Å². The number of carboxylic acids is 1. The van der Waals surface area contributed by atoms with Crippen LogP contribution in [-0.4, -0.2) is 23.5 Å². The van der Waals surface area contributed by atoms with Crippen LogP contribution in [0.1, 0.15) is 45.9 Å². The molecule has 1 aliphatic rings. The van der Waals surface area contributed by atoms with Crippen LogP contribution < -0.4 is 4.90 Å². The molecule has 0 fully saturated rings. The molecule has 1 aromatic heterocycles. The topological polar surface area (TPSA) is 70.8 Å². The monoisotopic (exact) mass is 285 g/mol. The summed E-state index contributed by atoms with van der Waals surface area (Å²) in [6, 6.07) is 10.5. The van der Waals surface area contributed by atoms with Crippen LogP contribution in [0.3, 0.4) is 0 Å². The van der Waals surface area contributed by atoms with Crippen molar-refractivity contribution in [2.24, 2.45) is 0 Å². The molecule has 0 saturated heterocycles. The van der Waals surface area contributed by atoms with Gasteiger partial charge in [0.05, 0.1) is 0 Å². The number of aromatic carboxylic acids is 1. The zero-order valence-electron chi connectivity index (χ0n) is 11.6. The molecule has 0 radical (unpaired) electrons. The molecule has 2 heterocycles. The number of anilines is 1. The molecule has 1 unspecified atom stereocenters. The molecule has 21 heavy (non-hydrogen) atoms. The van der Waals surface area contributed by atoms with Crippen LogP contribution in [0.4, 0.5) is 5.69 Å². The van der Waals surface area contributed by atoms with Gasteiger partial charge in [0.2, 0.25) is 5.76 Å². The highest BCUT2D eigenvalue weighted by Crippen LogP contribution is 2.35. The van der Waals surface area contributed by atoms with Gasteiger partial charge in [-0.05, 0) is 36.1 Å². The Balaban J connectivity index is 1.95. The summed E-state index contributed by atoms with van der Waals surface area (Å²) in [6.45, 7) is 2.73. The summed E-state index contributed by atoms with van der Waals surface area (Å²) in [5, 5.41) is 8.86. The Morgan fingerprint density at radius 1 is 1.19 bits per heavy atom. The van der Waals surface area contributed by atoms with E-state index < -0.39 is 5.97 Å². The SMILES string of the molecule is CC1CCN(C(=O)c2ccc(C(=O)O)o2)c2ccccc21. The molecule has 1 N–H and O–H groups in total. The minimum atomic E-state index is -1.18. The molecule has 0 aliphatic carbocycles. The van der Waals surface area contributed by atoms with Crippen LogP contribution in [0.15, 0.2) is 40.8 Å². The zero-order chi connectivity index (χ0) is 15.0. The van der Waals surface area contributed by atoms with E-state index in [1.165, 1.54) is 12.1 Å². The Morgan fingerprint density at radius 3 is 2.62 bits per heavy atom. The quantitative estimate of drug-likeness (QED) is 0.920. The van der Waals surface area contributed by atoms with Crippen molar-refractivity contribution in [2.75, 3.05) is 11.4 Å². The average molecular weight is 285 g/mol. The van der Waals surface area contributed by atoms with E-state index in [1.54, 1.807) is 4.90 Å². The maximum Gasteiger partial charge on any atom is 0.371 e. The van der Waals surface area contributed by atoms with Gasteiger partial charge in [0.1, 0.15) is 0 Å². The number of amides is 1. The van der Waals surface area contributed by atoms with Gasteiger partial charge in [-0.1, -0.05) is 25.1 Å². The van der Waals surface area contributed by atoms with Crippen molar-refractivity contribution in [3.8, 4) is 0 Å². The van der Waals surface area contributed by atoms with Gasteiger partial charge in [-0.15, -0.1) is 0 Å². The second-order valence-corrected chi connectivity index (χ2v) is 5.17.